The van der Waals surface area contributed by atoms with Crippen LogP contribution in [0.1, 0.15) is 15.9 Å². The Kier molecular flexibility index (Phi) is 7.00. The van der Waals surface area contributed by atoms with Crippen LogP contribution in [0.5, 0.6) is 0 Å². The first kappa shape index (κ1) is 22.6. The van der Waals surface area contributed by atoms with Gasteiger partial charge in [-0.1, -0.05) is 53.5 Å². The average Bonchev–Trinajstić information content (AvgIpc) is 3.45. The van der Waals surface area contributed by atoms with Crippen molar-refractivity contribution in [2.45, 2.75) is 10.1 Å². The normalized spacial score (nSPS) is 10.9. The molecule has 4 aromatic heterocycles. The minimum absolute atomic E-state index is 0.109. The molecule has 0 unspecified atom stereocenters. The molecule has 162 valence electrons. The molecule has 0 spiro atoms. The summed E-state index contributed by atoms with van der Waals surface area (Å²) in [6, 6.07) is 14.4. The van der Waals surface area contributed by atoms with Crippen molar-refractivity contribution in [3.8, 4) is 0 Å². The smallest absolute Gasteiger partial charge is 0.198 e. The van der Waals surface area contributed by atoms with Crippen LogP contribution in [0.25, 0.3) is 11.3 Å². The molecule has 5 rings (SSSR count). The maximum atomic E-state index is 12.5. The second-order valence-electron chi connectivity index (χ2n) is 6.33. The van der Waals surface area contributed by atoms with Gasteiger partial charge in [-0.05, 0) is 12.5 Å². The number of nitrogens with zero attached hydrogens (tertiary/aromatic N) is 6. The monoisotopic (exact) mass is 502 g/mol. The second-order valence-corrected chi connectivity index (χ2v) is 8.76. The summed E-state index contributed by atoms with van der Waals surface area (Å²) in [4.78, 5) is 20.8. The molecule has 5 aromatic rings. The van der Waals surface area contributed by atoms with Crippen molar-refractivity contribution in [3.63, 3.8) is 0 Å². The van der Waals surface area contributed by atoms with Gasteiger partial charge in [0.15, 0.2) is 17.1 Å². The quantitative estimate of drug-likeness (QED) is 0.184. The number of rotatable bonds is 4. The second kappa shape index (κ2) is 9.91. The van der Waals surface area contributed by atoms with E-state index in [0.717, 1.165) is 15.7 Å². The van der Waals surface area contributed by atoms with Crippen molar-refractivity contribution in [3.05, 3.63) is 82.4 Å². The summed E-state index contributed by atoms with van der Waals surface area (Å²) >= 11 is 14.9. The van der Waals surface area contributed by atoms with Gasteiger partial charge in [0.2, 0.25) is 0 Å². The van der Waals surface area contributed by atoms with Crippen molar-refractivity contribution in [1.29, 1.82) is 0 Å². The van der Waals surface area contributed by atoms with Crippen LogP contribution in [0.15, 0.2) is 71.0 Å². The molecule has 0 aliphatic carbocycles. The standard InChI is InChI=1S/C14H10ClN3OS.C7H6ClN3S/c1-20-12-7-11(15)17-14-10(8-16-18(12)14)13(19)9-5-3-2-4-6-9;1-12-7-4-5(8)10-6-2-3-9-11(6)7/h2-8H,1H3;2-4H,1H3. The number of benzene rings is 1. The Bertz CT molecular complexity index is 1400. The van der Waals surface area contributed by atoms with Gasteiger partial charge in [-0.25, -0.2) is 19.0 Å². The molecule has 0 bridgehead atoms. The molecule has 0 amide bonds. The maximum Gasteiger partial charge on any atom is 0.198 e. The number of hydrogen-bond acceptors (Lipinski definition) is 7. The van der Waals surface area contributed by atoms with Crippen LogP contribution in [0.3, 0.4) is 0 Å². The Hall–Kier alpha value is -2.59. The Balaban J connectivity index is 0.000000174. The van der Waals surface area contributed by atoms with Crippen molar-refractivity contribution in [2.75, 3.05) is 12.5 Å². The fraction of sp³-hybridized carbons (Fsp3) is 0.0952. The van der Waals surface area contributed by atoms with Gasteiger partial charge in [-0.2, -0.15) is 10.2 Å². The highest BCUT2D eigenvalue weighted by Crippen LogP contribution is 2.23. The molecular weight excluding hydrogens is 487 g/mol. The maximum absolute atomic E-state index is 12.5. The predicted molar refractivity (Wildman–Crippen MR) is 129 cm³/mol. The number of carbonyl (C=O) groups excluding carboxylic acids is 1. The Morgan fingerprint density at radius 1 is 0.875 bits per heavy atom. The summed E-state index contributed by atoms with van der Waals surface area (Å²) < 4.78 is 3.39. The average molecular weight is 503 g/mol. The van der Waals surface area contributed by atoms with E-state index in [2.05, 4.69) is 20.2 Å². The highest BCUT2D eigenvalue weighted by atomic mass is 35.5. The summed E-state index contributed by atoms with van der Waals surface area (Å²) in [7, 11) is 0. The fourth-order valence-corrected chi connectivity index (χ4v) is 4.54. The lowest BCUT2D eigenvalue weighted by Crippen LogP contribution is -2.02. The molecule has 0 saturated heterocycles. The van der Waals surface area contributed by atoms with Gasteiger partial charge in [0.25, 0.3) is 0 Å². The van der Waals surface area contributed by atoms with E-state index in [0.29, 0.717) is 27.1 Å². The van der Waals surface area contributed by atoms with Gasteiger partial charge in [-0.15, -0.1) is 23.5 Å². The van der Waals surface area contributed by atoms with Gasteiger partial charge in [0.1, 0.15) is 20.4 Å². The van der Waals surface area contributed by atoms with Crippen LogP contribution in [0, 0.1) is 0 Å². The van der Waals surface area contributed by atoms with Crippen LogP contribution in [-0.2, 0) is 0 Å². The summed E-state index contributed by atoms with van der Waals surface area (Å²) in [5, 5.41) is 11.0. The van der Waals surface area contributed by atoms with E-state index in [4.69, 9.17) is 23.2 Å². The number of thioether (sulfide) groups is 2. The van der Waals surface area contributed by atoms with E-state index < -0.39 is 0 Å². The zero-order chi connectivity index (χ0) is 22.7. The van der Waals surface area contributed by atoms with Gasteiger partial charge in [0.05, 0.1) is 18.0 Å². The van der Waals surface area contributed by atoms with Crippen molar-refractivity contribution < 1.29 is 4.79 Å². The largest absolute Gasteiger partial charge is 0.288 e. The highest BCUT2D eigenvalue weighted by molar-refractivity contribution is 7.98. The fourth-order valence-electron chi connectivity index (χ4n) is 2.96. The molecule has 0 radical (unpaired) electrons. The molecule has 0 N–H and O–H groups in total. The number of halogens is 2. The first-order valence-electron chi connectivity index (χ1n) is 9.24. The van der Waals surface area contributed by atoms with Crippen LogP contribution in [0.4, 0.5) is 0 Å². The first-order valence-corrected chi connectivity index (χ1v) is 12.4. The Morgan fingerprint density at radius 3 is 2.22 bits per heavy atom. The van der Waals surface area contributed by atoms with E-state index in [1.165, 1.54) is 18.0 Å². The molecule has 0 aliphatic rings. The van der Waals surface area contributed by atoms with Crippen molar-refractivity contribution >= 4 is 63.8 Å². The van der Waals surface area contributed by atoms with Gasteiger partial charge < -0.3 is 0 Å². The molecule has 1 aromatic carbocycles. The topological polar surface area (TPSA) is 77.5 Å². The minimum atomic E-state index is -0.109. The molecular formula is C21H16Cl2N6OS2. The number of fused-ring (bicyclic) bond motifs is 2. The molecule has 0 aliphatic heterocycles. The third kappa shape index (κ3) is 4.61. The van der Waals surface area contributed by atoms with E-state index in [1.807, 2.05) is 36.8 Å². The van der Waals surface area contributed by atoms with Gasteiger partial charge in [-0.3, -0.25) is 4.79 Å². The predicted octanol–water partition coefficient (Wildman–Crippen LogP) is 5.44. The molecule has 32 heavy (non-hydrogen) atoms. The number of aromatic nitrogens is 6. The Labute approximate surface area is 202 Å². The summed E-state index contributed by atoms with van der Waals surface area (Å²) in [6.07, 6.45) is 7.14. The van der Waals surface area contributed by atoms with E-state index >= 15 is 0 Å². The van der Waals surface area contributed by atoms with Crippen LogP contribution in [-0.4, -0.2) is 47.5 Å². The molecule has 0 fully saturated rings. The lowest BCUT2D eigenvalue weighted by molar-refractivity contribution is 0.104. The van der Waals surface area contributed by atoms with Gasteiger partial charge >= 0.3 is 0 Å². The van der Waals surface area contributed by atoms with Crippen LogP contribution >= 0.6 is 46.7 Å². The highest BCUT2D eigenvalue weighted by Gasteiger charge is 2.17. The molecule has 11 heteroatoms. The van der Waals surface area contributed by atoms with E-state index in [9.17, 15) is 4.79 Å². The summed E-state index contributed by atoms with van der Waals surface area (Å²) in [5.41, 5.74) is 2.33. The molecule has 0 saturated carbocycles. The van der Waals surface area contributed by atoms with Crippen molar-refractivity contribution in [1.82, 2.24) is 29.2 Å². The van der Waals surface area contributed by atoms with Crippen molar-refractivity contribution in [2.24, 2.45) is 0 Å². The third-order valence-electron chi connectivity index (χ3n) is 4.40. The summed E-state index contributed by atoms with van der Waals surface area (Å²) in [6.45, 7) is 0. The zero-order valence-electron chi connectivity index (χ0n) is 16.9. The number of ketones is 1. The summed E-state index contributed by atoms with van der Waals surface area (Å²) in [5.74, 6) is -0.109. The van der Waals surface area contributed by atoms with E-state index in [1.54, 1.807) is 51.3 Å². The number of hydrogen-bond donors (Lipinski definition) is 0. The number of carbonyl (C=O) groups is 1. The van der Waals surface area contributed by atoms with Crippen LogP contribution in [0.2, 0.25) is 10.3 Å². The molecule has 4 heterocycles. The SMILES string of the molecule is CSc1cc(Cl)nc2c(C(=O)c3ccccc3)cnn12.CSc1cc(Cl)nc2ccnn12. The van der Waals surface area contributed by atoms with Crippen LogP contribution < -0.4 is 0 Å². The first-order chi connectivity index (χ1) is 15.5. The zero-order valence-corrected chi connectivity index (χ0v) is 20.1. The third-order valence-corrected chi connectivity index (χ3v) is 6.21. The Morgan fingerprint density at radius 2 is 1.53 bits per heavy atom. The lowest BCUT2D eigenvalue weighted by atomic mass is 10.1. The molecule has 0 atom stereocenters. The van der Waals surface area contributed by atoms with Gasteiger partial charge in [0, 0.05) is 23.8 Å². The molecule has 7 nitrogen and oxygen atoms in total. The minimum Gasteiger partial charge on any atom is -0.288 e. The van der Waals surface area contributed by atoms with E-state index in [-0.39, 0.29) is 5.78 Å². The lowest BCUT2D eigenvalue weighted by Gasteiger charge is -2.03.